The highest BCUT2D eigenvalue weighted by molar-refractivity contribution is 6.00. The molecule has 0 bridgehead atoms. The predicted octanol–water partition coefficient (Wildman–Crippen LogP) is -3.17. The Morgan fingerprint density at radius 3 is 1.14 bits per heavy atom. The third kappa shape index (κ3) is 23.4. The number of benzene rings is 1. The minimum absolute atomic E-state index is 0.125. The molecule has 100 heavy (non-hydrogen) atoms. The molecule has 1 aliphatic rings. The number of carbonyl (C=O) groups excluding carboxylic acids is 14. The van der Waals surface area contributed by atoms with Crippen LogP contribution < -0.4 is 42.5 Å². The predicted molar refractivity (Wildman–Crippen MR) is 369 cm³/mol. The first-order valence-electron chi connectivity index (χ1n) is 34.1. The van der Waals surface area contributed by atoms with Gasteiger partial charge < -0.3 is 92.4 Å². The average molecular weight is 1420 g/mol. The fraction of sp³-hybridized carbons (Fsp3) is 0.706. The average Bonchev–Trinajstić information content (AvgIpc) is 0.826. The van der Waals surface area contributed by atoms with Crippen LogP contribution in [0.2, 0.25) is 0 Å². The third-order valence-electron chi connectivity index (χ3n) is 18.6. The molecule has 1 fully saturated rings. The van der Waals surface area contributed by atoms with Gasteiger partial charge in [0.1, 0.15) is 72.5 Å². The molecule has 2 rings (SSSR count). The molecule has 1 aromatic rings. The second kappa shape index (κ2) is 40.2. The number of likely N-dealkylation sites (N-methyl/N-ethyl adjacent to an activating group) is 6. The summed E-state index contributed by atoms with van der Waals surface area (Å²) >= 11 is 0. The van der Waals surface area contributed by atoms with Crippen molar-refractivity contribution in [1.29, 1.82) is 0 Å². The van der Waals surface area contributed by atoms with E-state index >= 15 is 0 Å². The number of amides is 14. The number of nitrogens with zero attached hydrogens (tertiary/aromatic N) is 6. The monoisotopic (exact) mass is 1410 g/mol. The maximum atomic E-state index is 14.7. The Bertz CT molecular complexity index is 3010. The molecule has 0 aliphatic carbocycles. The standard InChI is InChI=1S/C68H114N14O18/c1-22-38(11)53-68(100)79(18)46(33-84)63(95)80(19)54(39(12)23-2)60(92)71-44(32-83)58(90)74-51(36(7)8)65(97)78(17)45(29-43-27-25-24-26-28-43)59(91)70-31-47(87)72-49(34(3)4)66(98)81(20)55(41(14)85)62(94)76-52(37(9)10)67(99)82(21)56(42(15)86)61(93)75-50(35(5)6)64(96)77(16)40(13)57(89)69-30-48(88)73-53/h24-28,34-42,44-46,49-56,83-86H,22-23,29-33H2,1-21H3,(H,69,89)(H,70,91)(H,71,92)(H,72,87)(H,73,88)(H,74,90)(H,75,93)(H,76,94)/t38-,39-,40+,41+,42+,44-,45+,46-,49-,50-,51-,52-,53-,54-,55-,56-/m0/s1. The molecule has 14 amide bonds. The molecule has 1 aliphatic heterocycles. The summed E-state index contributed by atoms with van der Waals surface area (Å²) in [6.45, 7) is 19.6. The summed E-state index contributed by atoms with van der Waals surface area (Å²) in [6, 6.07) is -9.55. The minimum Gasteiger partial charge on any atom is -0.394 e. The third-order valence-corrected chi connectivity index (χ3v) is 18.6. The fourth-order valence-corrected chi connectivity index (χ4v) is 11.5. The highest BCUT2D eigenvalue weighted by Gasteiger charge is 2.45. The van der Waals surface area contributed by atoms with Gasteiger partial charge in [0.25, 0.3) is 0 Å². The number of aliphatic hydroxyl groups excluding tert-OH is 4. The van der Waals surface area contributed by atoms with Gasteiger partial charge in [0, 0.05) is 48.7 Å². The van der Waals surface area contributed by atoms with E-state index < -0.39 is 229 Å². The molecule has 0 unspecified atom stereocenters. The summed E-state index contributed by atoms with van der Waals surface area (Å²) < 4.78 is 0. The Kier molecular flexibility index (Phi) is 35.2. The lowest BCUT2D eigenvalue weighted by atomic mass is 9.95. The summed E-state index contributed by atoms with van der Waals surface area (Å²) in [7, 11) is 7.38. The molecule has 0 aromatic heterocycles. The Morgan fingerprint density at radius 1 is 0.390 bits per heavy atom. The fourth-order valence-electron chi connectivity index (χ4n) is 11.5. The second-order valence-corrected chi connectivity index (χ2v) is 27.6. The first kappa shape index (κ1) is 87.7. The van der Waals surface area contributed by atoms with Crippen molar-refractivity contribution in [2.75, 3.05) is 68.6 Å². The lowest BCUT2D eigenvalue weighted by molar-refractivity contribution is -0.152. The molecule has 0 radical (unpaired) electrons. The van der Waals surface area contributed by atoms with Gasteiger partial charge in [-0.1, -0.05) is 126 Å². The van der Waals surface area contributed by atoms with E-state index in [1.165, 1.54) is 63.1 Å². The highest BCUT2D eigenvalue weighted by atomic mass is 16.3. The Hall–Kier alpha value is -8.36. The highest BCUT2D eigenvalue weighted by Crippen LogP contribution is 2.22. The van der Waals surface area contributed by atoms with Crippen molar-refractivity contribution in [3.05, 3.63) is 35.9 Å². The number of hydrogen-bond donors (Lipinski definition) is 12. The van der Waals surface area contributed by atoms with E-state index in [1.807, 2.05) is 0 Å². The summed E-state index contributed by atoms with van der Waals surface area (Å²) in [5.41, 5.74) is 0.575. The van der Waals surface area contributed by atoms with Crippen molar-refractivity contribution in [3.8, 4) is 0 Å². The van der Waals surface area contributed by atoms with Gasteiger partial charge in [0.15, 0.2) is 0 Å². The van der Waals surface area contributed by atoms with Crippen LogP contribution in [0, 0.1) is 35.5 Å². The van der Waals surface area contributed by atoms with E-state index in [0.717, 1.165) is 29.4 Å². The van der Waals surface area contributed by atoms with Crippen LogP contribution in [0.15, 0.2) is 30.3 Å². The molecule has 16 atom stereocenters. The number of hydrogen-bond acceptors (Lipinski definition) is 18. The molecule has 32 nitrogen and oxygen atoms in total. The Morgan fingerprint density at radius 2 is 0.740 bits per heavy atom. The number of rotatable bonds is 14. The molecule has 0 spiro atoms. The largest absolute Gasteiger partial charge is 0.394 e. The van der Waals surface area contributed by atoms with Crippen molar-refractivity contribution in [2.24, 2.45) is 35.5 Å². The van der Waals surface area contributed by atoms with Crippen molar-refractivity contribution < 1.29 is 87.5 Å². The normalized spacial score (nSPS) is 27.4. The number of aliphatic hydroxyl groups is 4. The number of nitrogens with one attached hydrogen (secondary N) is 8. The minimum atomic E-state index is -1.75. The molecule has 1 heterocycles. The van der Waals surface area contributed by atoms with Crippen LogP contribution in [-0.4, -0.2) is 286 Å². The van der Waals surface area contributed by atoms with Crippen LogP contribution in [0.25, 0.3) is 0 Å². The van der Waals surface area contributed by atoms with Crippen LogP contribution >= 0.6 is 0 Å². The van der Waals surface area contributed by atoms with Crippen molar-refractivity contribution in [1.82, 2.24) is 71.9 Å². The molecule has 12 N–H and O–H groups in total. The molecule has 0 saturated carbocycles. The molecule has 564 valence electrons. The summed E-state index contributed by atoms with van der Waals surface area (Å²) in [5.74, 6) is -16.9. The summed E-state index contributed by atoms with van der Waals surface area (Å²) in [5, 5.41) is 64.1. The zero-order valence-corrected chi connectivity index (χ0v) is 62.1. The Labute approximate surface area is 587 Å². The van der Waals surface area contributed by atoms with Gasteiger partial charge in [0.05, 0.1) is 38.5 Å². The topological polar surface area (TPSA) is 436 Å². The van der Waals surface area contributed by atoms with E-state index in [-0.39, 0.29) is 12.8 Å². The molecule has 1 saturated heterocycles. The summed E-state index contributed by atoms with van der Waals surface area (Å²) in [4.78, 5) is 206. The van der Waals surface area contributed by atoms with Gasteiger partial charge in [0.2, 0.25) is 82.7 Å². The lowest BCUT2D eigenvalue weighted by Crippen LogP contribution is -2.64. The zero-order chi connectivity index (χ0) is 76.8. The molecule has 32 heteroatoms. The van der Waals surface area contributed by atoms with E-state index in [4.69, 9.17) is 0 Å². The molecular formula is C68H114N14O18. The maximum Gasteiger partial charge on any atom is 0.248 e. The van der Waals surface area contributed by atoms with Gasteiger partial charge >= 0.3 is 0 Å². The first-order chi connectivity index (χ1) is 46.5. The second-order valence-electron chi connectivity index (χ2n) is 27.6. The van der Waals surface area contributed by atoms with Gasteiger partial charge in [-0.15, -0.1) is 0 Å². The molecular weight excluding hydrogens is 1300 g/mol. The van der Waals surface area contributed by atoms with Crippen LogP contribution in [0.4, 0.5) is 0 Å². The lowest BCUT2D eigenvalue weighted by Gasteiger charge is -2.38. The van der Waals surface area contributed by atoms with E-state index in [1.54, 1.807) is 113 Å². The van der Waals surface area contributed by atoms with Crippen molar-refractivity contribution in [2.45, 2.75) is 208 Å². The van der Waals surface area contributed by atoms with Gasteiger partial charge in [-0.3, -0.25) is 67.1 Å². The number of carbonyl (C=O) groups is 14. The van der Waals surface area contributed by atoms with Crippen LogP contribution in [-0.2, 0) is 73.5 Å². The SMILES string of the molecule is CC[C@H](C)[C@@H]1NC(=O)CNC(=O)[C@@H](C)N(C)C(=O)[C@H](C(C)C)NC(=O)[C@H]([C@@H](C)O)N(C)C(=O)[C@H](C(C)C)NC(=O)[C@H]([C@@H](C)O)N(C)C(=O)[C@H](C(C)C)NC(=O)CNC(=O)[C@@H](Cc2ccccc2)N(C)C(=O)[C@H](C(C)C)NC(=O)[C@H](CO)NC(=O)[C@H]([C@@H](C)CC)N(C)C(=O)[C@H](CO)N(C)C1=O. The van der Waals surface area contributed by atoms with Crippen LogP contribution in [0.1, 0.15) is 122 Å². The maximum absolute atomic E-state index is 14.7. The quantitative estimate of drug-likeness (QED) is 0.0874. The van der Waals surface area contributed by atoms with Crippen molar-refractivity contribution >= 4 is 82.7 Å². The van der Waals surface area contributed by atoms with E-state index in [0.29, 0.717) is 12.0 Å². The smallest absolute Gasteiger partial charge is 0.248 e. The first-order valence-corrected chi connectivity index (χ1v) is 34.1. The van der Waals surface area contributed by atoms with E-state index in [2.05, 4.69) is 42.5 Å². The van der Waals surface area contributed by atoms with Gasteiger partial charge in [-0.25, -0.2) is 0 Å². The van der Waals surface area contributed by atoms with Crippen molar-refractivity contribution in [3.63, 3.8) is 0 Å². The van der Waals surface area contributed by atoms with Crippen LogP contribution in [0.5, 0.6) is 0 Å². The van der Waals surface area contributed by atoms with Gasteiger partial charge in [-0.2, -0.15) is 0 Å². The van der Waals surface area contributed by atoms with Crippen LogP contribution in [0.3, 0.4) is 0 Å². The zero-order valence-electron chi connectivity index (χ0n) is 62.1. The molecule has 1 aromatic carbocycles. The van der Waals surface area contributed by atoms with Gasteiger partial charge in [-0.05, 0) is 61.8 Å². The summed E-state index contributed by atoms with van der Waals surface area (Å²) in [6.07, 6.45) is -2.80. The van der Waals surface area contributed by atoms with E-state index in [9.17, 15) is 87.5 Å². The Balaban J connectivity index is 2.87.